The Kier molecular flexibility index (Phi) is 2.33. The Hall–Kier alpha value is -2.36. The molecule has 4 nitrogen and oxygen atoms in total. The average molecular weight is 265 g/mol. The Bertz CT molecular complexity index is 792. The minimum atomic E-state index is 0.254. The second-order valence-corrected chi connectivity index (χ2v) is 5.34. The molecule has 4 rings (SSSR count). The molecule has 1 aliphatic carbocycles. The van der Waals surface area contributed by atoms with Gasteiger partial charge in [-0.15, -0.1) is 0 Å². The van der Waals surface area contributed by atoms with E-state index < -0.39 is 0 Å². The van der Waals surface area contributed by atoms with Crippen molar-refractivity contribution in [2.75, 3.05) is 0 Å². The third kappa shape index (κ3) is 1.54. The van der Waals surface area contributed by atoms with E-state index in [9.17, 15) is 4.79 Å². The molecule has 0 unspecified atom stereocenters. The lowest BCUT2D eigenvalue weighted by atomic mass is 9.97. The lowest BCUT2D eigenvalue weighted by Gasteiger charge is -2.13. The van der Waals surface area contributed by atoms with Crippen LogP contribution in [0.5, 0.6) is 0 Å². The van der Waals surface area contributed by atoms with Crippen molar-refractivity contribution in [2.45, 2.75) is 26.2 Å². The Balaban J connectivity index is 1.96. The molecule has 0 aliphatic heterocycles. The van der Waals surface area contributed by atoms with Gasteiger partial charge in [0, 0.05) is 23.4 Å². The van der Waals surface area contributed by atoms with E-state index in [1.54, 1.807) is 0 Å². The number of aryl methyl sites for hydroxylation is 1. The fourth-order valence-electron chi connectivity index (χ4n) is 3.07. The summed E-state index contributed by atoms with van der Waals surface area (Å²) in [6, 6.07) is 9.97. The number of ketones is 1. The van der Waals surface area contributed by atoms with Crippen molar-refractivity contribution in [1.29, 1.82) is 0 Å². The van der Waals surface area contributed by atoms with Gasteiger partial charge in [-0.25, -0.2) is 4.98 Å². The van der Waals surface area contributed by atoms with Crippen molar-refractivity contribution in [3.05, 3.63) is 47.3 Å². The van der Waals surface area contributed by atoms with Gasteiger partial charge in [0.15, 0.2) is 5.78 Å². The molecule has 1 aromatic carbocycles. The van der Waals surface area contributed by atoms with Crippen LogP contribution in [0, 0.1) is 6.92 Å². The summed E-state index contributed by atoms with van der Waals surface area (Å²) >= 11 is 0. The van der Waals surface area contributed by atoms with Crippen LogP contribution in [0.15, 0.2) is 30.3 Å². The second-order valence-electron chi connectivity index (χ2n) is 5.34. The minimum Gasteiger partial charge on any atom is -0.323 e. The van der Waals surface area contributed by atoms with E-state index in [1.165, 1.54) is 0 Å². The number of fused-ring (bicyclic) bond motifs is 2. The van der Waals surface area contributed by atoms with E-state index in [0.717, 1.165) is 46.8 Å². The fourth-order valence-corrected chi connectivity index (χ4v) is 3.07. The Labute approximate surface area is 116 Å². The summed E-state index contributed by atoms with van der Waals surface area (Å²) < 4.78 is 2.09. The number of nitrogens with zero attached hydrogens (tertiary/aromatic N) is 2. The third-order valence-electron chi connectivity index (χ3n) is 3.99. The number of aromatic amines is 1. The molecule has 0 bridgehead atoms. The monoisotopic (exact) mass is 265 g/mol. The average Bonchev–Trinajstić information content (AvgIpc) is 2.99. The van der Waals surface area contributed by atoms with Crippen molar-refractivity contribution in [3.8, 4) is 5.95 Å². The predicted molar refractivity (Wildman–Crippen MR) is 77.4 cm³/mol. The van der Waals surface area contributed by atoms with Crippen molar-refractivity contribution in [2.24, 2.45) is 0 Å². The molecule has 2 aromatic heterocycles. The third-order valence-corrected chi connectivity index (χ3v) is 3.99. The van der Waals surface area contributed by atoms with E-state index >= 15 is 0 Å². The first-order valence-corrected chi connectivity index (χ1v) is 6.93. The van der Waals surface area contributed by atoms with Gasteiger partial charge in [0.25, 0.3) is 0 Å². The number of nitrogens with one attached hydrogen (secondary N) is 1. The zero-order valence-electron chi connectivity index (χ0n) is 11.3. The van der Waals surface area contributed by atoms with Gasteiger partial charge in [0.2, 0.25) is 5.95 Å². The number of Topliss-reactive ketones (excluding diaryl/α,β-unsaturated/α-hetero) is 1. The van der Waals surface area contributed by atoms with Crippen LogP contribution in [0.25, 0.3) is 17.0 Å². The van der Waals surface area contributed by atoms with Gasteiger partial charge in [0.1, 0.15) is 0 Å². The summed E-state index contributed by atoms with van der Waals surface area (Å²) in [5.74, 6) is 1.06. The Morgan fingerprint density at radius 2 is 2.10 bits per heavy atom. The van der Waals surface area contributed by atoms with Crippen LogP contribution in [0.2, 0.25) is 0 Å². The highest BCUT2D eigenvalue weighted by Crippen LogP contribution is 2.27. The second kappa shape index (κ2) is 4.07. The van der Waals surface area contributed by atoms with Crippen LogP contribution in [0.1, 0.15) is 34.6 Å². The molecule has 1 N–H and O–H groups in total. The molecule has 20 heavy (non-hydrogen) atoms. The highest BCUT2D eigenvalue weighted by Gasteiger charge is 2.24. The molecular weight excluding hydrogens is 250 g/mol. The first kappa shape index (κ1) is 11.5. The summed E-state index contributed by atoms with van der Waals surface area (Å²) in [5, 5.41) is 0. The van der Waals surface area contributed by atoms with E-state index in [0.29, 0.717) is 6.42 Å². The molecule has 100 valence electrons. The number of rotatable bonds is 1. The Morgan fingerprint density at radius 3 is 2.95 bits per heavy atom. The SMILES string of the molecule is Cc1cc2c(n1-c1nc3ccccc3[nH]1)CCCC2=O. The molecule has 0 fully saturated rings. The van der Waals surface area contributed by atoms with Gasteiger partial charge in [-0.1, -0.05) is 12.1 Å². The number of carbonyl (C=O) groups excluding carboxylic acids is 1. The molecule has 0 saturated carbocycles. The van der Waals surface area contributed by atoms with Crippen LogP contribution in [0.4, 0.5) is 0 Å². The maximum Gasteiger partial charge on any atom is 0.212 e. The maximum absolute atomic E-state index is 12.0. The molecule has 0 radical (unpaired) electrons. The molecule has 0 amide bonds. The van der Waals surface area contributed by atoms with E-state index in [1.807, 2.05) is 37.3 Å². The molecule has 3 aromatic rings. The molecule has 4 heteroatoms. The number of hydrogen-bond acceptors (Lipinski definition) is 2. The van der Waals surface area contributed by atoms with Gasteiger partial charge in [-0.05, 0) is 38.0 Å². The summed E-state index contributed by atoms with van der Waals surface area (Å²) in [7, 11) is 0. The first-order chi connectivity index (χ1) is 9.74. The number of para-hydroxylation sites is 2. The number of carbonyl (C=O) groups is 1. The molecule has 1 aliphatic rings. The van der Waals surface area contributed by atoms with Crippen LogP contribution in [-0.2, 0) is 6.42 Å². The fraction of sp³-hybridized carbons (Fsp3) is 0.250. The van der Waals surface area contributed by atoms with E-state index in [4.69, 9.17) is 0 Å². The quantitative estimate of drug-likeness (QED) is 0.734. The summed E-state index contributed by atoms with van der Waals surface area (Å²) in [6.07, 6.45) is 2.53. The van der Waals surface area contributed by atoms with Crippen molar-refractivity contribution in [1.82, 2.24) is 14.5 Å². The minimum absolute atomic E-state index is 0.254. The molecule has 0 spiro atoms. The van der Waals surface area contributed by atoms with Gasteiger partial charge >= 0.3 is 0 Å². The van der Waals surface area contributed by atoms with Crippen LogP contribution in [-0.4, -0.2) is 20.3 Å². The van der Waals surface area contributed by atoms with Gasteiger partial charge < -0.3 is 4.98 Å². The van der Waals surface area contributed by atoms with Crippen LogP contribution in [0.3, 0.4) is 0 Å². The largest absolute Gasteiger partial charge is 0.323 e. The van der Waals surface area contributed by atoms with Crippen LogP contribution >= 0.6 is 0 Å². The van der Waals surface area contributed by atoms with Crippen molar-refractivity contribution in [3.63, 3.8) is 0 Å². The predicted octanol–water partition coefficient (Wildman–Crippen LogP) is 3.18. The standard InChI is InChI=1S/C16H15N3O/c1-10-9-11-14(7-4-8-15(11)20)19(10)16-17-12-5-2-3-6-13(12)18-16/h2-3,5-6,9H,4,7-8H2,1H3,(H,17,18). The maximum atomic E-state index is 12.0. The summed E-state index contributed by atoms with van der Waals surface area (Å²) in [6.45, 7) is 2.03. The molecule has 0 atom stereocenters. The number of imidazole rings is 1. The van der Waals surface area contributed by atoms with E-state index in [2.05, 4.69) is 14.5 Å². The van der Waals surface area contributed by atoms with Gasteiger partial charge in [-0.2, -0.15) is 0 Å². The van der Waals surface area contributed by atoms with E-state index in [-0.39, 0.29) is 5.78 Å². The lowest BCUT2D eigenvalue weighted by molar-refractivity contribution is 0.0972. The zero-order chi connectivity index (χ0) is 13.7. The number of aromatic nitrogens is 3. The molecular formula is C16H15N3O. The summed E-state index contributed by atoms with van der Waals surface area (Å²) in [5.41, 5.74) is 4.99. The first-order valence-electron chi connectivity index (χ1n) is 6.93. The topological polar surface area (TPSA) is 50.7 Å². The lowest BCUT2D eigenvalue weighted by Crippen LogP contribution is -2.13. The highest BCUT2D eigenvalue weighted by molar-refractivity contribution is 5.98. The van der Waals surface area contributed by atoms with Crippen LogP contribution < -0.4 is 0 Å². The van der Waals surface area contributed by atoms with Gasteiger partial charge in [-0.3, -0.25) is 9.36 Å². The normalized spacial score (nSPS) is 14.8. The highest BCUT2D eigenvalue weighted by atomic mass is 16.1. The Morgan fingerprint density at radius 1 is 1.25 bits per heavy atom. The smallest absolute Gasteiger partial charge is 0.212 e. The number of H-pyrrole nitrogens is 1. The van der Waals surface area contributed by atoms with Crippen molar-refractivity contribution < 1.29 is 4.79 Å². The summed E-state index contributed by atoms with van der Waals surface area (Å²) in [4.78, 5) is 20.0. The molecule has 2 heterocycles. The number of hydrogen-bond donors (Lipinski definition) is 1. The molecule has 0 saturated heterocycles. The van der Waals surface area contributed by atoms with Gasteiger partial charge in [0.05, 0.1) is 11.0 Å². The zero-order valence-corrected chi connectivity index (χ0v) is 11.3. The number of benzene rings is 1. The van der Waals surface area contributed by atoms with Crippen molar-refractivity contribution >= 4 is 16.8 Å².